The number of amides is 1. The minimum atomic E-state index is 0.0928. The molecule has 1 aromatic carbocycles. The average molecular weight is 383 g/mol. The smallest absolute Gasteiger partial charge is 0.233 e. The molecule has 1 aliphatic heterocycles. The molecular weight excluding hydrogens is 364 g/mol. The minimum absolute atomic E-state index is 0.0928. The summed E-state index contributed by atoms with van der Waals surface area (Å²) < 4.78 is 12.8. The highest BCUT2D eigenvalue weighted by atomic mass is 35.5. The molecule has 0 N–H and O–H groups in total. The fraction of sp³-hybridized carbons (Fsp3) is 0.438. The van der Waals surface area contributed by atoms with Crippen LogP contribution in [0.15, 0.2) is 29.4 Å². The predicted molar refractivity (Wildman–Crippen MR) is 94.9 cm³/mol. The summed E-state index contributed by atoms with van der Waals surface area (Å²) in [5.74, 6) is 1.83. The second-order valence-corrected chi connectivity index (χ2v) is 6.86. The monoisotopic (exact) mass is 382 g/mol. The van der Waals surface area contributed by atoms with Crippen molar-refractivity contribution in [3.05, 3.63) is 35.1 Å². The average Bonchev–Trinajstić information content (AvgIpc) is 3.00. The zero-order chi connectivity index (χ0) is 17.6. The number of carbonyl (C=O) groups excluding carboxylic acids is 1. The number of halogens is 1. The first-order chi connectivity index (χ1) is 12.1. The number of thioether (sulfide) groups is 1. The van der Waals surface area contributed by atoms with Gasteiger partial charge in [-0.3, -0.25) is 4.79 Å². The molecule has 0 aliphatic carbocycles. The molecule has 7 nitrogen and oxygen atoms in total. The summed E-state index contributed by atoms with van der Waals surface area (Å²) >= 11 is 7.23. The molecule has 2 heterocycles. The van der Waals surface area contributed by atoms with Crippen LogP contribution in [0.25, 0.3) is 0 Å². The number of ether oxygens (including phenoxy) is 2. The van der Waals surface area contributed by atoms with Gasteiger partial charge >= 0.3 is 0 Å². The van der Waals surface area contributed by atoms with Gasteiger partial charge in [0.2, 0.25) is 5.91 Å². The van der Waals surface area contributed by atoms with Gasteiger partial charge in [0.1, 0.15) is 12.4 Å². The largest absolute Gasteiger partial charge is 0.486 e. The fourth-order valence-corrected chi connectivity index (χ4v) is 3.26. The van der Waals surface area contributed by atoms with Crippen LogP contribution in [0.5, 0.6) is 5.75 Å². The zero-order valence-corrected chi connectivity index (χ0v) is 15.4. The van der Waals surface area contributed by atoms with Gasteiger partial charge in [-0.05, 0) is 24.3 Å². The number of hydrogen-bond acceptors (Lipinski definition) is 6. The van der Waals surface area contributed by atoms with Crippen molar-refractivity contribution in [1.82, 2.24) is 19.7 Å². The van der Waals surface area contributed by atoms with Crippen molar-refractivity contribution >= 4 is 29.3 Å². The van der Waals surface area contributed by atoms with Crippen molar-refractivity contribution in [2.45, 2.75) is 11.8 Å². The molecular formula is C16H19ClN4O3S. The highest BCUT2D eigenvalue weighted by Gasteiger charge is 2.18. The third-order valence-electron chi connectivity index (χ3n) is 3.80. The first-order valence-corrected chi connectivity index (χ1v) is 9.25. The molecule has 0 atom stereocenters. The normalized spacial score (nSPS) is 14.6. The quantitative estimate of drug-likeness (QED) is 0.712. The highest BCUT2D eigenvalue weighted by Crippen LogP contribution is 2.19. The maximum Gasteiger partial charge on any atom is 0.233 e. The first kappa shape index (κ1) is 18.0. The van der Waals surface area contributed by atoms with Crippen LogP contribution in [0.3, 0.4) is 0 Å². The maximum absolute atomic E-state index is 12.2. The first-order valence-electron chi connectivity index (χ1n) is 7.88. The number of aromatic nitrogens is 3. The van der Waals surface area contributed by atoms with Crippen LogP contribution >= 0.6 is 23.4 Å². The Morgan fingerprint density at radius 3 is 2.72 bits per heavy atom. The van der Waals surface area contributed by atoms with Crippen LogP contribution in [-0.2, 0) is 23.2 Å². The molecule has 134 valence electrons. The van der Waals surface area contributed by atoms with E-state index in [2.05, 4.69) is 10.2 Å². The van der Waals surface area contributed by atoms with Crippen molar-refractivity contribution in [3.8, 4) is 5.75 Å². The second-order valence-electron chi connectivity index (χ2n) is 5.48. The molecule has 1 fully saturated rings. The number of hydrogen-bond donors (Lipinski definition) is 0. The molecule has 2 aromatic rings. The van der Waals surface area contributed by atoms with Gasteiger partial charge in [-0.25, -0.2) is 0 Å². The molecule has 0 bridgehead atoms. The van der Waals surface area contributed by atoms with E-state index in [4.69, 9.17) is 21.1 Å². The van der Waals surface area contributed by atoms with Gasteiger partial charge < -0.3 is 18.9 Å². The Kier molecular flexibility index (Phi) is 6.17. The number of morpholine rings is 1. The molecule has 0 radical (unpaired) electrons. The van der Waals surface area contributed by atoms with Crippen LogP contribution in [0.4, 0.5) is 0 Å². The van der Waals surface area contributed by atoms with E-state index in [-0.39, 0.29) is 5.91 Å². The fourth-order valence-electron chi connectivity index (χ4n) is 2.31. The van der Waals surface area contributed by atoms with Gasteiger partial charge in [0, 0.05) is 25.2 Å². The Balaban J connectivity index is 1.51. The molecule has 0 unspecified atom stereocenters. The Bertz CT molecular complexity index is 717. The van der Waals surface area contributed by atoms with Gasteiger partial charge in [-0.15, -0.1) is 10.2 Å². The van der Waals surface area contributed by atoms with Crippen LogP contribution < -0.4 is 4.74 Å². The number of benzene rings is 1. The lowest BCUT2D eigenvalue weighted by Gasteiger charge is -2.26. The Hall–Kier alpha value is -1.77. The van der Waals surface area contributed by atoms with Gasteiger partial charge in [-0.1, -0.05) is 23.4 Å². The molecule has 1 amide bonds. The summed E-state index contributed by atoms with van der Waals surface area (Å²) in [6, 6.07) is 7.14. The lowest BCUT2D eigenvalue weighted by atomic mass is 10.3. The molecule has 1 aromatic heterocycles. The minimum Gasteiger partial charge on any atom is -0.486 e. The molecule has 0 spiro atoms. The zero-order valence-electron chi connectivity index (χ0n) is 13.9. The predicted octanol–water partition coefficient (Wildman–Crippen LogP) is 2.00. The van der Waals surface area contributed by atoms with Crippen molar-refractivity contribution in [2.24, 2.45) is 7.05 Å². The summed E-state index contributed by atoms with van der Waals surface area (Å²) in [4.78, 5) is 14.0. The van der Waals surface area contributed by atoms with Crippen molar-refractivity contribution in [2.75, 3.05) is 32.1 Å². The van der Waals surface area contributed by atoms with Crippen molar-refractivity contribution < 1.29 is 14.3 Å². The summed E-state index contributed by atoms with van der Waals surface area (Å²) in [5.41, 5.74) is 0. The summed E-state index contributed by atoms with van der Waals surface area (Å²) in [5, 5.41) is 9.63. The van der Waals surface area contributed by atoms with Crippen molar-refractivity contribution in [3.63, 3.8) is 0 Å². The third-order valence-corrected chi connectivity index (χ3v) is 5.05. The van der Waals surface area contributed by atoms with Crippen molar-refractivity contribution in [1.29, 1.82) is 0 Å². The number of nitrogens with zero attached hydrogens (tertiary/aromatic N) is 4. The molecule has 1 saturated heterocycles. The number of carbonyl (C=O) groups is 1. The molecule has 3 rings (SSSR count). The Labute approximate surface area is 155 Å². The van der Waals surface area contributed by atoms with Gasteiger partial charge in [0.25, 0.3) is 0 Å². The lowest BCUT2D eigenvalue weighted by Crippen LogP contribution is -2.41. The van der Waals surface area contributed by atoms with E-state index < -0.39 is 0 Å². The third kappa shape index (κ3) is 4.87. The van der Waals surface area contributed by atoms with E-state index in [9.17, 15) is 4.79 Å². The molecule has 1 aliphatic rings. The van der Waals surface area contributed by atoms with E-state index in [1.54, 1.807) is 24.3 Å². The van der Waals surface area contributed by atoms with Gasteiger partial charge in [0.15, 0.2) is 11.0 Å². The SMILES string of the molecule is Cn1c(COc2ccc(Cl)cc2)nnc1SCC(=O)N1CCOCC1. The van der Waals surface area contributed by atoms with Gasteiger partial charge in [0.05, 0.1) is 19.0 Å². The van der Waals surface area contributed by atoms with Crippen LogP contribution in [0.2, 0.25) is 5.02 Å². The molecule has 9 heteroatoms. The van der Waals surface area contributed by atoms with E-state index in [0.717, 1.165) is 0 Å². The summed E-state index contributed by atoms with van der Waals surface area (Å²) in [6.45, 7) is 2.80. The van der Waals surface area contributed by atoms with Crippen LogP contribution in [0.1, 0.15) is 5.82 Å². The standard InChI is InChI=1S/C16H19ClN4O3S/c1-20-14(10-24-13-4-2-12(17)3-5-13)18-19-16(20)25-11-15(22)21-6-8-23-9-7-21/h2-5H,6-11H2,1H3. The lowest BCUT2D eigenvalue weighted by molar-refractivity contribution is -0.132. The highest BCUT2D eigenvalue weighted by molar-refractivity contribution is 7.99. The van der Waals surface area contributed by atoms with Gasteiger partial charge in [-0.2, -0.15) is 0 Å². The Morgan fingerprint density at radius 2 is 2.00 bits per heavy atom. The maximum atomic E-state index is 12.2. The van der Waals surface area contributed by atoms with Crippen LogP contribution in [-0.4, -0.2) is 57.6 Å². The molecule has 25 heavy (non-hydrogen) atoms. The van der Waals surface area contributed by atoms with E-state index in [0.29, 0.717) is 60.4 Å². The summed E-state index contributed by atoms with van der Waals surface area (Å²) in [6.07, 6.45) is 0. The van der Waals surface area contributed by atoms with E-state index >= 15 is 0 Å². The van der Waals surface area contributed by atoms with Crippen LogP contribution in [0, 0.1) is 0 Å². The molecule has 0 saturated carbocycles. The summed E-state index contributed by atoms with van der Waals surface area (Å²) in [7, 11) is 1.86. The van der Waals surface area contributed by atoms with E-state index in [1.165, 1.54) is 11.8 Å². The second kappa shape index (κ2) is 8.55. The van der Waals surface area contributed by atoms with E-state index in [1.807, 2.05) is 16.5 Å². The number of rotatable bonds is 6. The Morgan fingerprint density at radius 1 is 1.28 bits per heavy atom. The topological polar surface area (TPSA) is 69.5 Å².